The molecule has 104 valence electrons. The van der Waals surface area contributed by atoms with Crippen LogP contribution in [0.3, 0.4) is 0 Å². The minimum Gasteiger partial charge on any atom is -0.480 e. The molecule has 4 heteroatoms. The molecule has 0 radical (unpaired) electrons. The first-order valence-corrected chi connectivity index (χ1v) is 7.45. The molecule has 4 nitrogen and oxygen atoms in total. The van der Waals surface area contributed by atoms with Crippen LogP contribution in [0.15, 0.2) is 0 Å². The maximum absolute atomic E-state index is 11.5. The summed E-state index contributed by atoms with van der Waals surface area (Å²) >= 11 is 0. The summed E-state index contributed by atoms with van der Waals surface area (Å²) in [5.74, 6) is 0.0125. The number of carboxylic acid groups (broad SMARTS) is 1. The zero-order chi connectivity index (χ0) is 12.8. The Kier molecular flexibility index (Phi) is 5.45. The molecule has 2 rings (SSSR count). The van der Waals surface area contributed by atoms with Crippen molar-refractivity contribution in [3.63, 3.8) is 0 Å². The van der Waals surface area contributed by atoms with Gasteiger partial charge in [0, 0.05) is 19.6 Å². The van der Waals surface area contributed by atoms with Crippen LogP contribution in [0.4, 0.5) is 0 Å². The average Bonchev–Trinajstić information content (AvgIpc) is 2.65. The Morgan fingerprint density at radius 2 is 1.94 bits per heavy atom. The summed E-state index contributed by atoms with van der Waals surface area (Å²) in [6.45, 7) is 3.75. The van der Waals surface area contributed by atoms with E-state index < -0.39 is 5.97 Å². The summed E-state index contributed by atoms with van der Waals surface area (Å²) in [5.41, 5.74) is 0. The highest BCUT2D eigenvalue weighted by Crippen LogP contribution is 2.28. The molecule has 0 spiro atoms. The van der Waals surface area contributed by atoms with Gasteiger partial charge in [0.25, 0.3) is 0 Å². The van der Waals surface area contributed by atoms with Crippen molar-refractivity contribution in [3.8, 4) is 0 Å². The van der Waals surface area contributed by atoms with Gasteiger partial charge in [-0.15, -0.1) is 0 Å². The second-order valence-corrected chi connectivity index (χ2v) is 5.73. The van der Waals surface area contributed by atoms with E-state index in [2.05, 4.69) is 10.2 Å². The predicted molar refractivity (Wildman–Crippen MR) is 71.7 cm³/mol. The lowest BCUT2D eigenvalue weighted by Crippen LogP contribution is -2.44. The molecule has 0 bridgehead atoms. The van der Waals surface area contributed by atoms with E-state index in [9.17, 15) is 9.90 Å². The fourth-order valence-corrected chi connectivity index (χ4v) is 3.32. The number of carboxylic acids is 1. The van der Waals surface area contributed by atoms with Gasteiger partial charge in [-0.1, -0.05) is 32.1 Å². The third kappa shape index (κ3) is 3.95. The minimum absolute atomic E-state index is 0.256. The van der Waals surface area contributed by atoms with Gasteiger partial charge in [-0.05, 0) is 25.3 Å². The SMILES string of the molecule is O=C(O)C(CC1CCCCC1)N1CCCNCC1. The Hall–Kier alpha value is -0.610. The number of aliphatic carboxylic acids is 1. The molecule has 2 aliphatic rings. The first kappa shape index (κ1) is 13.8. The number of nitrogens with zero attached hydrogens (tertiary/aromatic N) is 1. The Morgan fingerprint density at radius 1 is 1.17 bits per heavy atom. The van der Waals surface area contributed by atoms with Crippen LogP contribution in [0.2, 0.25) is 0 Å². The zero-order valence-electron chi connectivity index (χ0n) is 11.2. The molecule has 1 aliphatic heterocycles. The summed E-state index contributed by atoms with van der Waals surface area (Å²) < 4.78 is 0. The van der Waals surface area contributed by atoms with E-state index in [1.807, 2.05) is 0 Å². The van der Waals surface area contributed by atoms with E-state index in [0.717, 1.165) is 39.0 Å². The molecule has 1 aliphatic carbocycles. The van der Waals surface area contributed by atoms with E-state index in [-0.39, 0.29) is 6.04 Å². The highest BCUT2D eigenvalue weighted by atomic mass is 16.4. The van der Waals surface area contributed by atoms with Crippen molar-refractivity contribution in [1.29, 1.82) is 0 Å². The lowest BCUT2D eigenvalue weighted by atomic mass is 9.84. The van der Waals surface area contributed by atoms with E-state index >= 15 is 0 Å². The smallest absolute Gasteiger partial charge is 0.320 e. The van der Waals surface area contributed by atoms with Crippen molar-refractivity contribution >= 4 is 5.97 Å². The van der Waals surface area contributed by atoms with E-state index in [1.54, 1.807) is 0 Å². The highest BCUT2D eigenvalue weighted by Gasteiger charge is 2.29. The molecular formula is C14H26N2O2. The van der Waals surface area contributed by atoms with Gasteiger partial charge in [0.1, 0.15) is 6.04 Å². The molecule has 1 heterocycles. The van der Waals surface area contributed by atoms with Crippen LogP contribution in [0.25, 0.3) is 0 Å². The van der Waals surface area contributed by atoms with Gasteiger partial charge in [0.15, 0.2) is 0 Å². The van der Waals surface area contributed by atoms with E-state index in [1.165, 1.54) is 32.1 Å². The van der Waals surface area contributed by atoms with Crippen molar-refractivity contribution in [2.24, 2.45) is 5.92 Å². The minimum atomic E-state index is -0.623. The summed E-state index contributed by atoms with van der Waals surface area (Å²) in [7, 11) is 0. The maximum Gasteiger partial charge on any atom is 0.320 e. The first-order chi connectivity index (χ1) is 8.77. The Balaban J connectivity index is 1.91. The standard InChI is InChI=1S/C14H26N2O2/c17-14(18)13(11-12-5-2-1-3-6-12)16-9-4-7-15-8-10-16/h12-13,15H,1-11H2,(H,17,18). The van der Waals surface area contributed by atoms with Gasteiger partial charge >= 0.3 is 5.97 Å². The van der Waals surface area contributed by atoms with Gasteiger partial charge < -0.3 is 10.4 Å². The van der Waals surface area contributed by atoms with Crippen LogP contribution in [-0.2, 0) is 4.79 Å². The number of hydrogen-bond acceptors (Lipinski definition) is 3. The predicted octanol–water partition coefficient (Wildman–Crippen LogP) is 1.71. The molecule has 2 N–H and O–H groups in total. The third-order valence-corrected chi connectivity index (χ3v) is 4.38. The maximum atomic E-state index is 11.5. The van der Waals surface area contributed by atoms with Crippen molar-refractivity contribution in [1.82, 2.24) is 10.2 Å². The molecule has 1 saturated heterocycles. The molecule has 0 aromatic carbocycles. The van der Waals surface area contributed by atoms with Gasteiger partial charge in [-0.3, -0.25) is 9.69 Å². The fourth-order valence-electron chi connectivity index (χ4n) is 3.32. The summed E-state index contributed by atoms with van der Waals surface area (Å²) in [4.78, 5) is 13.7. The monoisotopic (exact) mass is 254 g/mol. The largest absolute Gasteiger partial charge is 0.480 e. The molecular weight excluding hydrogens is 228 g/mol. The van der Waals surface area contributed by atoms with Crippen LogP contribution >= 0.6 is 0 Å². The lowest BCUT2D eigenvalue weighted by Gasteiger charge is -2.31. The normalized spacial score (nSPS) is 25.6. The van der Waals surface area contributed by atoms with Gasteiger partial charge in [-0.25, -0.2) is 0 Å². The number of carbonyl (C=O) groups is 1. The first-order valence-electron chi connectivity index (χ1n) is 7.45. The van der Waals surface area contributed by atoms with Crippen LogP contribution in [0.5, 0.6) is 0 Å². The van der Waals surface area contributed by atoms with Crippen LogP contribution in [0, 0.1) is 5.92 Å². The lowest BCUT2D eigenvalue weighted by molar-refractivity contribution is -0.144. The van der Waals surface area contributed by atoms with Crippen LogP contribution in [0.1, 0.15) is 44.9 Å². The number of nitrogens with one attached hydrogen (secondary N) is 1. The molecule has 1 atom stereocenters. The molecule has 0 aromatic heterocycles. The summed E-state index contributed by atoms with van der Waals surface area (Å²) in [6.07, 6.45) is 8.30. The van der Waals surface area contributed by atoms with Crippen molar-refractivity contribution in [2.45, 2.75) is 51.0 Å². The van der Waals surface area contributed by atoms with Crippen molar-refractivity contribution in [3.05, 3.63) is 0 Å². The second-order valence-electron chi connectivity index (χ2n) is 5.73. The molecule has 18 heavy (non-hydrogen) atoms. The average molecular weight is 254 g/mol. The van der Waals surface area contributed by atoms with Crippen LogP contribution in [-0.4, -0.2) is 48.2 Å². The van der Waals surface area contributed by atoms with E-state index in [4.69, 9.17) is 0 Å². The Morgan fingerprint density at radius 3 is 2.67 bits per heavy atom. The van der Waals surface area contributed by atoms with Gasteiger partial charge in [0.05, 0.1) is 0 Å². The van der Waals surface area contributed by atoms with Gasteiger partial charge in [-0.2, -0.15) is 0 Å². The van der Waals surface area contributed by atoms with Crippen LogP contribution < -0.4 is 5.32 Å². The Bertz CT molecular complexity index is 257. The molecule has 1 saturated carbocycles. The molecule has 0 amide bonds. The fraction of sp³-hybridized carbons (Fsp3) is 0.929. The topological polar surface area (TPSA) is 52.6 Å². The van der Waals surface area contributed by atoms with E-state index in [0.29, 0.717) is 5.92 Å². The van der Waals surface area contributed by atoms with Crippen molar-refractivity contribution in [2.75, 3.05) is 26.2 Å². The Labute approximate surface area is 110 Å². The van der Waals surface area contributed by atoms with Gasteiger partial charge in [0.2, 0.25) is 0 Å². The number of rotatable bonds is 4. The quantitative estimate of drug-likeness (QED) is 0.802. The van der Waals surface area contributed by atoms with Crippen molar-refractivity contribution < 1.29 is 9.90 Å². The highest BCUT2D eigenvalue weighted by molar-refractivity contribution is 5.73. The third-order valence-electron chi connectivity index (χ3n) is 4.38. The molecule has 1 unspecified atom stereocenters. The summed E-state index contributed by atoms with van der Waals surface area (Å²) in [5, 5.41) is 12.8. The molecule has 0 aromatic rings. The molecule has 2 fully saturated rings. The number of hydrogen-bond donors (Lipinski definition) is 2. The zero-order valence-corrected chi connectivity index (χ0v) is 11.2. The summed E-state index contributed by atoms with van der Waals surface area (Å²) in [6, 6.07) is -0.256. The second kappa shape index (κ2) is 7.10.